The molecular weight excluding hydrogens is 460 g/mol. The first-order valence-corrected chi connectivity index (χ1v) is 14.0. The van der Waals surface area contributed by atoms with E-state index in [0.717, 1.165) is 22.4 Å². The quantitative estimate of drug-likeness (QED) is 0.241. The number of aryl methyl sites for hydroxylation is 2. The normalized spacial score (nSPS) is 13.9. The lowest BCUT2D eigenvalue weighted by molar-refractivity contribution is 0.659. The molecule has 5 aromatic rings. The number of rotatable bonds is 4. The van der Waals surface area contributed by atoms with Crippen molar-refractivity contribution in [3.05, 3.63) is 106 Å². The lowest BCUT2D eigenvalue weighted by Gasteiger charge is -2.23. The molecule has 0 N–H and O–H groups in total. The van der Waals surface area contributed by atoms with Crippen LogP contribution in [-0.2, 0) is 5.41 Å². The molecule has 1 aromatic heterocycles. The van der Waals surface area contributed by atoms with Crippen LogP contribution in [0.4, 0.5) is 0 Å². The van der Waals surface area contributed by atoms with Gasteiger partial charge in [-0.25, -0.2) is 4.98 Å². The summed E-state index contributed by atoms with van der Waals surface area (Å²) in [7, 11) is 0. The predicted molar refractivity (Wildman–Crippen MR) is 162 cm³/mol. The van der Waals surface area contributed by atoms with Crippen molar-refractivity contribution in [2.24, 2.45) is 0 Å². The standard InChI is InChI=1S/C36H38N2/c1-21(2)26-12-11-13-27(22(3)4)34(26)38-33-15-10-9-14-32(33)37-35(38)25-16-17-30-29(20-25)28-18-23(5)24(6)19-31(28)36(30,7)8/h9-22H,1-8H3. The summed E-state index contributed by atoms with van der Waals surface area (Å²) in [4.78, 5) is 5.27. The van der Waals surface area contributed by atoms with E-state index in [4.69, 9.17) is 4.98 Å². The second-order valence-electron chi connectivity index (χ2n) is 12.2. The first kappa shape index (κ1) is 24.7. The monoisotopic (exact) mass is 498 g/mol. The van der Waals surface area contributed by atoms with E-state index in [1.165, 1.54) is 50.2 Å². The average molecular weight is 499 g/mol. The lowest BCUT2D eigenvalue weighted by Crippen LogP contribution is -2.15. The van der Waals surface area contributed by atoms with Gasteiger partial charge in [-0.05, 0) is 88.4 Å². The van der Waals surface area contributed by atoms with E-state index < -0.39 is 0 Å². The van der Waals surface area contributed by atoms with E-state index in [-0.39, 0.29) is 5.41 Å². The van der Waals surface area contributed by atoms with Crippen molar-refractivity contribution < 1.29 is 0 Å². The minimum absolute atomic E-state index is 0.0170. The molecule has 0 saturated heterocycles. The van der Waals surface area contributed by atoms with Gasteiger partial charge >= 0.3 is 0 Å². The van der Waals surface area contributed by atoms with Gasteiger partial charge in [0.25, 0.3) is 0 Å². The molecule has 0 saturated carbocycles. The van der Waals surface area contributed by atoms with Crippen molar-refractivity contribution in [1.82, 2.24) is 9.55 Å². The zero-order valence-corrected chi connectivity index (χ0v) is 24.0. The highest BCUT2D eigenvalue weighted by atomic mass is 15.1. The summed E-state index contributed by atoms with van der Waals surface area (Å²) in [5, 5.41) is 0. The Morgan fingerprint density at radius 2 is 1.32 bits per heavy atom. The van der Waals surface area contributed by atoms with Gasteiger partial charge in [-0.3, -0.25) is 4.57 Å². The third-order valence-electron chi connectivity index (χ3n) is 8.68. The van der Waals surface area contributed by atoms with Crippen LogP contribution in [0.1, 0.15) is 86.8 Å². The highest BCUT2D eigenvalue weighted by Gasteiger charge is 2.36. The molecule has 6 rings (SSSR count). The third-order valence-corrected chi connectivity index (χ3v) is 8.68. The van der Waals surface area contributed by atoms with Gasteiger partial charge in [0.05, 0.1) is 16.7 Å². The van der Waals surface area contributed by atoms with Gasteiger partial charge in [-0.1, -0.05) is 96.1 Å². The summed E-state index contributed by atoms with van der Waals surface area (Å²) >= 11 is 0. The summed E-state index contributed by atoms with van der Waals surface area (Å²) in [6.07, 6.45) is 0. The summed E-state index contributed by atoms with van der Waals surface area (Å²) in [5.74, 6) is 1.81. The molecule has 0 radical (unpaired) electrons. The SMILES string of the molecule is Cc1cc2c(cc1C)C(C)(C)c1ccc(-c3nc4ccccc4n3-c3c(C(C)C)cccc3C(C)C)cc1-2. The Labute approximate surface area is 227 Å². The van der Waals surface area contributed by atoms with Gasteiger partial charge in [0, 0.05) is 11.0 Å². The number of hydrogen-bond acceptors (Lipinski definition) is 1. The third kappa shape index (κ3) is 3.57. The summed E-state index contributed by atoms with van der Waals surface area (Å²) in [5.41, 5.74) is 15.6. The van der Waals surface area contributed by atoms with Gasteiger partial charge in [0.15, 0.2) is 0 Å². The fraction of sp³-hybridized carbons (Fsp3) is 0.306. The maximum Gasteiger partial charge on any atom is 0.145 e. The number of benzene rings is 4. The second kappa shape index (κ2) is 8.70. The first-order valence-electron chi connectivity index (χ1n) is 14.0. The highest BCUT2D eigenvalue weighted by molar-refractivity contribution is 5.88. The molecule has 2 heteroatoms. The molecule has 0 atom stereocenters. The van der Waals surface area contributed by atoms with Crippen LogP contribution >= 0.6 is 0 Å². The Hall–Kier alpha value is -3.65. The number of fused-ring (bicyclic) bond motifs is 4. The maximum atomic E-state index is 5.27. The number of nitrogens with zero attached hydrogens (tertiary/aromatic N) is 2. The molecule has 1 aliphatic rings. The predicted octanol–water partition coefficient (Wildman–Crippen LogP) is 9.86. The van der Waals surface area contributed by atoms with Crippen molar-refractivity contribution >= 4 is 11.0 Å². The molecular formula is C36H38N2. The molecule has 0 bridgehead atoms. The van der Waals surface area contributed by atoms with Gasteiger partial charge in [-0.15, -0.1) is 0 Å². The van der Waals surface area contributed by atoms with Crippen LogP contribution in [0.2, 0.25) is 0 Å². The van der Waals surface area contributed by atoms with Crippen LogP contribution in [0.5, 0.6) is 0 Å². The number of para-hydroxylation sites is 3. The largest absolute Gasteiger partial charge is 0.292 e. The molecule has 4 aromatic carbocycles. The summed E-state index contributed by atoms with van der Waals surface area (Å²) < 4.78 is 2.43. The fourth-order valence-electron chi connectivity index (χ4n) is 6.37. The lowest BCUT2D eigenvalue weighted by atomic mass is 9.81. The molecule has 0 spiro atoms. The van der Waals surface area contributed by atoms with Crippen molar-refractivity contribution in [2.45, 2.75) is 72.6 Å². The highest BCUT2D eigenvalue weighted by Crippen LogP contribution is 2.50. The molecule has 192 valence electrons. The summed E-state index contributed by atoms with van der Waals surface area (Å²) in [6, 6.07) is 27.2. The summed E-state index contributed by atoms with van der Waals surface area (Å²) in [6.45, 7) is 18.3. The average Bonchev–Trinajstić information content (AvgIpc) is 3.37. The van der Waals surface area contributed by atoms with Gasteiger partial charge in [0.1, 0.15) is 5.82 Å². The van der Waals surface area contributed by atoms with E-state index in [0.29, 0.717) is 11.8 Å². The fourth-order valence-corrected chi connectivity index (χ4v) is 6.37. The Kier molecular flexibility index (Phi) is 5.65. The minimum Gasteiger partial charge on any atom is -0.292 e. The van der Waals surface area contributed by atoms with Crippen LogP contribution in [0.3, 0.4) is 0 Å². The molecule has 0 fully saturated rings. The van der Waals surface area contributed by atoms with Crippen LogP contribution in [0.25, 0.3) is 39.2 Å². The molecule has 1 heterocycles. The molecule has 0 unspecified atom stereocenters. The van der Waals surface area contributed by atoms with Crippen molar-refractivity contribution in [2.75, 3.05) is 0 Å². The van der Waals surface area contributed by atoms with Gasteiger partial charge < -0.3 is 0 Å². The number of aromatic nitrogens is 2. The Balaban J connectivity index is 1.67. The van der Waals surface area contributed by atoms with E-state index in [1.807, 2.05) is 0 Å². The zero-order chi connectivity index (χ0) is 26.9. The van der Waals surface area contributed by atoms with Crippen LogP contribution in [0.15, 0.2) is 72.8 Å². The molecule has 0 amide bonds. The zero-order valence-electron chi connectivity index (χ0n) is 24.0. The number of imidazole rings is 1. The van der Waals surface area contributed by atoms with E-state index in [1.54, 1.807) is 0 Å². The van der Waals surface area contributed by atoms with Crippen LogP contribution in [-0.4, -0.2) is 9.55 Å². The van der Waals surface area contributed by atoms with Crippen LogP contribution < -0.4 is 0 Å². The van der Waals surface area contributed by atoms with Crippen molar-refractivity contribution in [3.8, 4) is 28.2 Å². The van der Waals surface area contributed by atoms with Gasteiger partial charge in [0.2, 0.25) is 0 Å². The smallest absolute Gasteiger partial charge is 0.145 e. The second-order valence-corrected chi connectivity index (χ2v) is 12.2. The Morgan fingerprint density at radius 3 is 2.00 bits per heavy atom. The maximum absolute atomic E-state index is 5.27. The molecule has 38 heavy (non-hydrogen) atoms. The molecule has 0 aliphatic heterocycles. The minimum atomic E-state index is -0.0170. The van der Waals surface area contributed by atoms with Crippen LogP contribution in [0, 0.1) is 13.8 Å². The number of hydrogen-bond donors (Lipinski definition) is 0. The first-order chi connectivity index (χ1) is 18.1. The van der Waals surface area contributed by atoms with Crippen molar-refractivity contribution in [3.63, 3.8) is 0 Å². The Morgan fingerprint density at radius 1 is 0.684 bits per heavy atom. The molecule has 2 nitrogen and oxygen atoms in total. The van der Waals surface area contributed by atoms with E-state index in [2.05, 4.69) is 133 Å². The topological polar surface area (TPSA) is 17.8 Å². The van der Waals surface area contributed by atoms with E-state index >= 15 is 0 Å². The molecule has 1 aliphatic carbocycles. The van der Waals surface area contributed by atoms with Crippen molar-refractivity contribution in [1.29, 1.82) is 0 Å². The van der Waals surface area contributed by atoms with E-state index in [9.17, 15) is 0 Å². The Bertz CT molecular complexity index is 1690. The van der Waals surface area contributed by atoms with Gasteiger partial charge in [-0.2, -0.15) is 0 Å².